The highest BCUT2D eigenvalue weighted by Gasteiger charge is 2.16. The van der Waals surface area contributed by atoms with Crippen molar-refractivity contribution in [3.8, 4) is 5.75 Å². The topological polar surface area (TPSA) is 21.3 Å². The van der Waals surface area contributed by atoms with Gasteiger partial charge in [-0.1, -0.05) is 26.0 Å². The van der Waals surface area contributed by atoms with E-state index in [1.807, 2.05) is 0 Å². The molecule has 1 unspecified atom stereocenters. The van der Waals surface area contributed by atoms with E-state index >= 15 is 0 Å². The van der Waals surface area contributed by atoms with Gasteiger partial charge in [0.2, 0.25) is 0 Å². The average molecular weight is 303 g/mol. The first-order chi connectivity index (χ1) is 10.3. The normalized spacial score (nSPS) is 12.3. The fourth-order valence-electron chi connectivity index (χ4n) is 2.34. The summed E-state index contributed by atoms with van der Waals surface area (Å²) < 4.78 is 5.67. The molecule has 2 rings (SSSR count). The molecule has 0 aliphatic heterocycles. The van der Waals surface area contributed by atoms with Crippen LogP contribution in [0.25, 0.3) is 0 Å². The maximum Gasteiger partial charge on any atom is 0.119 e. The maximum atomic E-state index is 5.67. The number of ether oxygens (including phenoxy) is 1. The summed E-state index contributed by atoms with van der Waals surface area (Å²) in [6, 6.07) is 8.78. The van der Waals surface area contributed by atoms with Gasteiger partial charge in [0, 0.05) is 0 Å². The van der Waals surface area contributed by atoms with Gasteiger partial charge in [-0.15, -0.1) is 0 Å². The number of hydrogen-bond donors (Lipinski definition) is 1. The van der Waals surface area contributed by atoms with Crippen LogP contribution in [-0.2, 0) is 0 Å². The predicted molar refractivity (Wildman–Crippen MR) is 91.4 cm³/mol. The van der Waals surface area contributed by atoms with Gasteiger partial charge in [0.25, 0.3) is 0 Å². The molecule has 0 radical (unpaired) electrons. The Labute approximate surface area is 132 Å². The molecule has 0 fully saturated rings. The zero-order valence-electron chi connectivity index (χ0n) is 13.2. The van der Waals surface area contributed by atoms with Gasteiger partial charge in [-0.05, 0) is 65.9 Å². The lowest BCUT2D eigenvalue weighted by Gasteiger charge is -2.20. The average Bonchev–Trinajstić information content (AvgIpc) is 2.93. The van der Waals surface area contributed by atoms with Gasteiger partial charge in [-0.25, -0.2) is 0 Å². The maximum absolute atomic E-state index is 5.67. The van der Waals surface area contributed by atoms with E-state index in [-0.39, 0.29) is 6.04 Å². The van der Waals surface area contributed by atoms with Crippen LogP contribution in [-0.4, -0.2) is 13.2 Å². The first-order valence-electron chi connectivity index (χ1n) is 7.75. The van der Waals surface area contributed by atoms with Gasteiger partial charge in [-0.3, -0.25) is 0 Å². The van der Waals surface area contributed by atoms with E-state index in [0.29, 0.717) is 0 Å². The molecule has 0 spiro atoms. The van der Waals surface area contributed by atoms with Crippen LogP contribution in [0.3, 0.4) is 0 Å². The van der Waals surface area contributed by atoms with Crippen LogP contribution in [0.15, 0.2) is 35.0 Å². The molecule has 0 bridgehead atoms. The van der Waals surface area contributed by atoms with Crippen molar-refractivity contribution < 1.29 is 4.74 Å². The molecule has 0 amide bonds. The molecule has 21 heavy (non-hydrogen) atoms. The van der Waals surface area contributed by atoms with Crippen LogP contribution in [0.4, 0.5) is 0 Å². The SMILES string of the molecule is CCCNC(c1ccc(OCCC)cc1)c1cscc1C. The monoisotopic (exact) mass is 303 g/mol. The van der Waals surface area contributed by atoms with Crippen LogP contribution >= 0.6 is 11.3 Å². The summed E-state index contributed by atoms with van der Waals surface area (Å²) in [6.07, 6.45) is 2.17. The van der Waals surface area contributed by atoms with Crippen LogP contribution in [0.1, 0.15) is 49.4 Å². The fourth-order valence-corrected chi connectivity index (χ4v) is 3.22. The second kappa shape index (κ2) is 8.20. The Morgan fingerprint density at radius 1 is 1.10 bits per heavy atom. The number of nitrogens with one attached hydrogen (secondary N) is 1. The van der Waals surface area contributed by atoms with E-state index in [1.54, 1.807) is 11.3 Å². The Bertz CT molecular complexity index is 532. The van der Waals surface area contributed by atoms with Crippen LogP contribution in [0.2, 0.25) is 0 Å². The smallest absolute Gasteiger partial charge is 0.119 e. The summed E-state index contributed by atoms with van der Waals surface area (Å²) in [4.78, 5) is 0. The highest BCUT2D eigenvalue weighted by Crippen LogP contribution is 2.28. The van der Waals surface area contributed by atoms with Crippen molar-refractivity contribution in [1.82, 2.24) is 5.32 Å². The third-order valence-corrected chi connectivity index (χ3v) is 4.37. The Balaban J connectivity index is 2.18. The van der Waals surface area contributed by atoms with Gasteiger partial charge in [-0.2, -0.15) is 11.3 Å². The molecular formula is C18H25NOS. The minimum Gasteiger partial charge on any atom is -0.494 e. The zero-order valence-corrected chi connectivity index (χ0v) is 14.0. The number of thiophene rings is 1. The van der Waals surface area contributed by atoms with Crippen LogP contribution in [0, 0.1) is 6.92 Å². The third kappa shape index (κ3) is 4.32. The molecule has 114 valence electrons. The van der Waals surface area contributed by atoms with Crippen molar-refractivity contribution in [3.05, 3.63) is 51.7 Å². The molecule has 1 atom stereocenters. The molecule has 1 heterocycles. The molecule has 3 heteroatoms. The van der Waals surface area contributed by atoms with Crippen molar-refractivity contribution >= 4 is 11.3 Å². The largest absolute Gasteiger partial charge is 0.494 e. The Morgan fingerprint density at radius 3 is 2.43 bits per heavy atom. The Kier molecular flexibility index (Phi) is 6.27. The van der Waals surface area contributed by atoms with E-state index < -0.39 is 0 Å². The van der Waals surface area contributed by atoms with E-state index in [9.17, 15) is 0 Å². The van der Waals surface area contributed by atoms with E-state index in [2.05, 4.69) is 61.1 Å². The quantitative estimate of drug-likeness (QED) is 0.746. The molecule has 0 aliphatic carbocycles. The summed E-state index contributed by atoms with van der Waals surface area (Å²) in [7, 11) is 0. The first kappa shape index (κ1) is 16.1. The van der Waals surface area contributed by atoms with Crippen molar-refractivity contribution in [2.24, 2.45) is 0 Å². The van der Waals surface area contributed by atoms with Crippen LogP contribution < -0.4 is 10.1 Å². The minimum absolute atomic E-state index is 0.274. The van der Waals surface area contributed by atoms with Gasteiger partial charge >= 0.3 is 0 Å². The summed E-state index contributed by atoms with van der Waals surface area (Å²) in [5, 5.41) is 8.13. The van der Waals surface area contributed by atoms with Gasteiger partial charge in [0.15, 0.2) is 0 Å². The lowest BCUT2D eigenvalue weighted by atomic mass is 9.98. The highest BCUT2D eigenvalue weighted by atomic mass is 32.1. The van der Waals surface area contributed by atoms with Crippen molar-refractivity contribution in [1.29, 1.82) is 0 Å². The number of benzene rings is 1. The van der Waals surface area contributed by atoms with Crippen molar-refractivity contribution in [2.45, 2.75) is 39.7 Å². The van der Waals surface area contributed by atoms with E-state index in [1.165, 1.54) is 16.7 Å². The van der Waals surface area contributed by atoms with Gasteiger partial charge in [0.1, 0.15) is 5.75 Å². The number of rotatable bonds is 8. The van der Waals surface area contributed by atoms with Gasteiger partial charge < -0.3 is 10.1 Å². The Morgan fingerprint density at radius 2 is 1.86 bits per heavy atom. The van der Waals surface area contributed by atoms with Crippen molar-refractivity contribution in [2.75, 3.05) is 13.2 Å². The highest BCUT2D eigenvalue weighted by molar-refractivity contribution is 7.08. The summed E-state index contributed by atoms with van der Waals surface area (Å²) in [5.74, 6) is 0.955. The lowest BCUT2D eigenvalue weighted by Crippen LogP contribution is -2.23. The van der Waals surface area contributed by atoms with Crippen LogP contribution in [0.5, 0.6) is 5.75 Å². The Hall–Kier alpha value is -1.32. The number of aryl methyl sites for hydroxylation is 1. The summed E-state index contributed by atoms with van der Waals surface area (Å²) >= 11 is 1.77. The molecule has 2 aromatic rings. The molecule has 0 saturated heterocycles. The standard InChI is InChI=1S/C18H25NOS/c1-4-10-19-18(17-13-21-12-14(17)3)15-6-8-16(9-7-15)20-11-5-2/h6-9,12-13,18-19H,4-5,10-11H2,1-3H3. The number of hydrogen-bond acceptors (Lipinski definition) is 3. The lowest BCUT2D eigenvalue weighted by molar-refractivity contribution is 0.317. The van der Waals surface area contributed by atoms with E-state index in [4.69, 9.17) is 4.74 Å². The summed E-state index contributed by atoms with van der Waals surface area (Å²) in [6.45, 7) is 8.31. The predicted octanol–water partition coefficient (Wildman–Crippen LogP) is 4.93. The van der Waals surface area contributed by atoms with Gasteiger partial charge in [0.05, 0.1) is 12.6 Å². The molecule has 2 nitrogen and oxygen atoms in total. The third-order valence-electron chi connectivity index (χ3n) is 3.49. The molecule has 1 aromatic heterocycles. The minimum atomic E-state index is 0.274. The second-order valence-electron chi connectivity index (χ2n) is 5.31. The second-order valence-corrected chi connectivity index (χ2v) is 6.06. The van der Waals surface area contributed by atoms with Crippen molar-refractivity contribution in [3.63, 3.8) is 0 Å². The molecule has 0 aliphatic rings. The fraction of sp³-hybridized carbons (Fsp3) is 0.444. The molecular weight excluding hydrogens is 278 g/mol. The first-order valence-corrected chi connectivity index (χ1v) is 8.69. The molecule has 1 N–H and O–H groups in total. The molecule has 1 aromatic carbocycles. The summed E-state index contributed by atoms with van der Waals surface area (Å²) in [5.41, 5.74) is 4.05. The molecule has 0 saturated carbocycles. The van der Waals surface area contributed by atoms with E-state index in [0.717, 1.165) is 31.7 Å². The zero-order chi connectivity index (χ0) is 15.1.